The number of nitrogens with one attached hydrogen (secondary N) is 2. The highest BCUT2D eigenvalue weighted by molar-refractivity contribution is 5.96. The van der Waals surface area contributed by atoms with E-state index in [2.05, 4.69) is 15.4 Å². The molecule has 0 radical (unpaired) electrons. The van der Waals surface area contributed by atoms with Gasteiger partial charge in [0, 0.05) is 0 Å². The number of esters is 1. The van der Waals surface area contributed by atoms with Crippen molar-refractivity contribution in [2.24, 2.45) is 0 Å². The third-order valence-electron chi connectivity index (χ3n) is 2.40. The van der Waals surface area contributed by atoms with Gasteiger partial charge in [0.15, 0.2) is 5.76 Å². The zero-order valence-electron chi connectivity index (χ0n) is 10.9. The van der Waals surface area contributed by atoms with Crippen LogP contribution in [-0.2, 0) is 14.3 Å². The summed E-state index contributed by atoms with van der Waals surface area (Å²) in [5, 5.41) is 4.87. The molecule has 19 heavy (non-hydrogen) atoms. The summed E-state index contributed by atoms with van der Waals surface area (Å²) >= 11 is 0. The molecular formula is C12H16N2O5. The highest BCUT2D eigenvalue weighted by atomic mass is 16.5. The van der Waals surface area contributed by atoms with Gasteiger partial charge in [-0.25, -0.2) is 4.79 Å². The van der Waals surface area contributed by atoms with E-state index >= 15 is 0 Å². The van der Waals surface area contributed by atoms with Crippen LogP contribution in [0.3, 0.4) is 0 Å². The molecule has 7 nitrogen and oxygen atoms in total. The quantitative estimate of drug-likeness (QED) is 0.737. The topological polar surface area (TPSA) is 97.6 Å². The van der Waals surface area contributed by atoms with Crippen LogP contribution >= 0.6 is 0 Å². The van der Waals surface area contributed by atoms with Crippen LogP contribution in [0.4, 0.5) is 0 Å². The Morgan fingerprint density at radius 2 is 1.89 bits per heavy atom. The van der Waals surface area contributed by atoms with Gasteiger partial charge < -0.3 is 19.8 Å². The largest absolute Gasteiger partial charge is 0.467 e. The molecule has 0 fully saturated rings. The van der Waals surface area contributed by atoms with Crippen LogP contribution in [0.5, 0.6) is 0 Å². The second-order valence-electron chi connectivity index (χ2n) is 3.93. The van der Waals surface area contributed by atoms with Gasteiger partial charge in [-0.15, -0.1) is 0 Å². The second kappa shape index (κ2) is 6.58. The Balaban J connectivity index is 2.49. The predicted octanol–water partition coefficient (Wildman–Crippen LogP) is 0.0756. The molecule has 104 valence electrons. The minimum atomic E-state index is -0.801. The van der Waals surface area contributed by atoms with Gasteiger partial charge in [0.05, 0.1) is 13.4 Å². The zero-order chi connectivity index (χ0) is 14.4. The van der Waals surface area contributed by atoms with Crippen molar-refractivity contribution in [1.29, 1.82) is 0 Å². The number of amides is 2. The summed E-state index contributed by atoms with van der Waals surface area (Å²) in [6, 6.07) is 1.47. The summed E-state index contributed by atoms with van der Waals surface area (Å²) in [7, 11) is 1.23. The normalized spacial score (nSPS) is 13.2. The molecule has 0 aliphatic carbocycles. The number of rotatable bonds is 5. The fraction of sp³-hybridized carbons (Fsp3) is 0.417. The van der Waals surface area contributed by atoms with E-state index in [1.165, 1.54) is 33.3 Å². The van der Waals surface area contributed by atoms with Gasteiger partial charge in [-0.2, -0.15) is 0 Å². The van der Waals surface area contributed by atoms with E-state index in [1.807, 2.05) is 0 Å². The van der Waals surface area contributed by atoms with Gasteiger partial charge in [-0.05, 0) is 26.0 Å². The maximum absolute atomic E-state index is 11.7. The number of hydrogen-bond donors (Lipinski definition) is 2. The Hall–Kier alpha value is -2.31. The molecule has 1 rings (SSSR count). The monoisotopic (exact) mass is 268 g/mol. The standard InChI is InChI=1S/C12H16N2O5/c1-7(10(15)14-8(2)12(17)18-3)13-11(16)9-5-4-6-19-9/h4-8H,1-3H3,(H,13,16)(H,14,15). The van der Waals surface area contributed by atoms with E-state index in [9.17, 15) is 14.4 Å². The molecular weight excluding hydrogens is 252 g/mol. The van der Waals surface area contributed by atoms with Gasteiger partial charge in [-0.1, -0.05) is 0 Å². The molecule has 0 aromatic carbocycles. The lowest BCUT2D eigenvalue weighted by molar-refractivity contribution is -0.144. The van der Waals surface area contributed by atoms with Crippen LogP contribution in [0.15, 0.2) is 22.8 Å². The molecule has 0 spiro atoms. The molecule has 7 heteroatoms. The highest BCUT2D eigenvalue weighted by Crippen LogP contribution is 2.00. The van der Waals surface area contributed by atoms with E-state index < -0.39 is 29.9 Å². The highest BCUT2D eigenvalue weighted by Gasteiger charge is 2.22. The van der Waals surface area contributed by atoms with E-state index in [-0.39, 0.29) is 5.76 Å². The smallest absolute Gasteiger partial charge is 0.328 e. The first kappa shape index (κ1) is 14.7. The van der Waals surface area contributed by atoms with Gasteiger partial charge in [0.2, 0.25) is 5.91 Å². The summed E-state index contributed by atoms with van der Waals surface area (Å²) in [6.45, 7) is 2.99. The lowest BCUT2D eigenvalue weighted by Crippen LogP contribution is -2.49. The molecule has 2 atom stereocenters. The number of carbonyl (C=O) groups excluding carboxylic acids is 3. The number of furan rings is 1. The predicted molar refractivity (Wildman–Crippen MR) is 65.3 cm³/mol. The first-order chi connectivity index (χ1) is 8.95. The maximum Gasteiger partial charge on any atom is 0.328 e. The first-order valence-corrected chi connectivity index (χ1v) is 5.68. The van der Waals surface area contributed by atoms with E-state index in [0.717, 1.165) is 0 Å². The van der Waals surface area contributed by atoms with Gasteiger partial charge >= 0.3 is 5.97 Å². The first-order valence-electron chi connectivity index (χ1n) is 5.68. The molecule has 0 bridgehead atoms. The molecule has 1 heterocycles. The number of ether oxygens (including phenoxy) is 1. The van der Waals surface area contributed by atoms with Crippen LogP contribution in [-0.4, -0.2) is 37.0 Å². The fourth-order valence-electron chi connectivity index (χ4n) is 1.32. The van der Waals surface area contributed by atoms with E-state index in [0.29, 0.717) is 0 Å². The molecule has 2 N–H and O–H groups in total. The Labute approximate surface area is 110 Å². The molecule has 1 aromatic heterocycles. The lowest BCUT2D eigenvalue weighted by atomic mass is 10.2. The zero-order valence-corrected chi connectivity index (χ0v) is 10.9. The van der Waals surface area contributed by atoms with Gasteiger partial charge in [0.25, 0.3) is 5.91 Å². The molecule has 0 saturated heterocycles. The maximum atomic E-state index is 11.7. The van der Waals surface area contributed by atoms with Crippen molar-refractivity contribution < 1.29 is 23.5 Å². The van der Waals surface area contributed by atoms with E-state index in [4.69, 9.17) is 4.42 Å². The third kappa shape index (κ3) is 4.13. The van der Waals surface area contributed by atoms with Crippen molar-refractivity contribution in [2.75, 3.05) is 7.11 Å². The van der Waals surface area contributed by atoms with Crippen LogP contribution in [0.2, 0.25) is 0 Å². The molecule has 2 amide bonds. The Kier molecular flexibility index (Phi) is 5.11. The fourth-order valence-corrected chi connectivity index (χ4v) is 1.32. The van der Waals surface area contributed by atoms with Crippen molar-refractivity contribution in [2.45, 2.75) is 25.9 Å². The molecule has 1 aromatic rings. The van der Waals surface area contributed by atoms with Crippen LogP contribution < -0.4 is 10.6 Å². The summed E-state index contributed by atoms with van der Waals surface area (Å²) in [5.74, 6) is -1.44. The Bertz CT molecular complexity index is 455. The minimum absolute atomic E-state index is 0.112. The number of hydrogen-bond acceptors (Lipinski definition) is 5. The average Bonchev–Trinajstić information content (AvgIpc) is 2.91. The molecule has 0 aliphatic rings. The summed E-state index contributed by atoms with van der Waals surface area (Å²) in [4.78, 5) is 34.5. The molecule has 0 saturated carbocycles. The van der Waals surface area contributed by atoms with Crippen LogP contribution in [0, 0.1) is 0 Å². The van der Waals surface area contributed by atoms with Crippen molar-refractivity contribution in [3.8, 4) is 0 Å². The third-order valence-corrected chi connectivity index (χ3v) is 2.40. The van der Waals surface area contributed by atoms with Crippen molar-refractivity contribution in [3.63, 3.8) is 0 Å². The summed E-state index contributed by atoms with van der Waals surface area (Å²) < 4.78 is 9.37. The average molecular weight is 268 g/mol. The Morgan fingerprint density at radius 3 is 2.42 bits per heavy atom. The molecule has 2 unspecified atom stereocenters. The minimum Gasteiger partial charge on any atom is -0.467 e. The van der Waals surface area contributed by atoms with Gasteiger partial charge in [0.1, 0.15) is 12.1 Å². The van der Waals surface area contributed by atoms with Crippen molar-refractivity contribution in [1.82, 2.24) is 10.6 Å². The molecule has 0 aliphatic heterocycles. The SMILES string of the molecule is COC(=O)C(C)NC(=O)C(C)NC(=O)c1ccco1. The van der Waals surface area contributed by atoms with Crippen LogP contribution in [0.1, 0.15) is 24.4 Å². The van der Waals surface area contributed by atoms with Crippen molar-refractivity contribution in [3.05, 3.63) is 24.2 Å². The van der Waals surface area contributed by atoms with Crippen molar-refractivity contribution >= 4 is 17.8 Å². The number of carbonyl (C=O) groups is 3. The van der Waals surface area contributed by atoms with E-state index in [1.54, 1.807) is 6.07 Å². The summed E-state index contributed by atoms with van der Waals surface area (Å²) in [6.07, 6.45) is 1.36. The lowest BCUT2D eigenvalue weighted by Gasteiger charge is -2.16. The van der Waals surface area contributed by atoms with Crippen LogP contribution in [0.25, 0.3) is 0 Å². The number of methoxy groups -OCH3 is 1. The Morgan fingerprint density at radius 1 is 1.21 bits per heavy atom. The second-order valence-corrected chi connectivity index (χ2v) is 3.93. The summed E-state index contributed by atoms with van der Waals surface area (Å²) in [5.41, 5.74) is 0. The van der Waals surface area contributed by atoms with Gasteiger partial charge in [-0.3, -0.25) is 9.59 Å².